The summed E-state index contributed by atoms with van der Waals surface area (Å²) in [5, 5.41) is 0. The normalized spacial score (nSPS) is 8.44. The Morgan fingerprint density at radius 1 is 0.356 bits per heavy atom. The molecule has 4 aromatic rings. The van der Waals surface area contributed by atoms with Gasteiger partial charge < -0.3 is 4.90 Å². The van der Waals surface area contributed by atoms with E-state index in [1.54, 1.807) is 0 Å². The van der Waals surface area contributed by atoms with E-state index in [-0.39, 0.29) is 0 Å². The van der Waals surface area contributed by atoms with Crippen LogP contribution in [0.4, 0.5) is 0 Å². The van der Waals surface area contributed by atoms with Crippen LogP contribution < -0.4 is 0 Å². The first-order chi connectivity index (χ1) is 22.1. The third-order valence-electron chi connectivity index (χ3n) is 4.51. The minimum atomic E-state index is 1.08. The molecule has 4 rings (SSSR count). The van der Waals surface area contributed by atoms with E-state index in [2.05, 4.69) is 121 Å². The molecule has 0 aromatic heterocycles. The molecule has 0 aliphatic rings. The highest BCUT2D eigenvalue weighted by Gasteiger charge is 1.92. The van der Waals surface area contributed by atoms with Gasteiger partial charge in [-0.2, -0.15) is 0 Å². The van der Waals surface area contributed by atoms with Crippen LogP contribution in [-0.2, 0) is 0 Å². The predicted octanol–water partition coefficient (Wildman–Crippen LogP) is 14.5. The number of hydrogen-bond acceptors (Lipinski definition) is 1. The van der Waals surface area contributed by atoms with Gasteiger partial charge in [0.15, 0.2) is 0 Å². The number of benzene rings is 4. The summed E-state index contributed by atoms with van der Waals surface area (Å²) < 4.78 is 0. The van der Waals surface area contributed by atoms with E-state index >= 15 is 0 Å². The van der Waals surface area contributed by atoms with Gasteiger partial charge in [0.25, 0.3) is 0 Å². The van der Waals surface area contributed by atoms with Crippen molar-refractivity contribution in [1.29, 1.82) is 0 Å². The second-order valence-electron chi connectivity index (χ2n) is 8.18. The van der Waals surface area contributed by atoms with Crippen molar-refractivity contribution in [3.8, 4) is 22.3 Å². The van der Waals surface area contributed by atoms with Crippen molar-refractivity contribution in [1.82, 2.24) is 4.90 Å². The van der Waals surface area contributed by atoms with E-state index in [9.17, 15) is 0 Å². The average molecular weight is 614 g/mol. The summed E-state index contributed by atoms with van der Waals surface area (Å²) in [7, 11) is 6.00. The second-order valence-corrected chi connectivity index (χ2v) is 8.18. The summed E-state index contributed by atoms with van der Waals surface area (Å²) in [6.45, 7) is 24.1. The fourth-order valence-corrected chi connectivity index (χ4v) is 2.87. The topological polar surface area (TPSA) is 3.24 Å². The summed E-state index contributed by atoms with van der Waals surface area (Å²) in [5.74, 6) is 0. The van der Waals surface area contributed by atoms with Gasteiger partial charge in [0, 0.05) is 0 Å². The van der Waals surface area contributed by atoms with Crippen molar-refractivity contribution in [2.45, 2.75) is 89.5 Å². The van der Waals surface area contributed by atoms with Gasteiger partial charge in [-0.25, -0.2) is 0 Å². The monoisotopic (exact) mass is 614 g/mol. The molecule has 0 saturated heterocycles. The first-order valence-electron chi connectivity index (χ1n) is 17.1. The lowest BCUT2D eigenvalue weighted by atomic mass is 10.1. The van der Waals surface area contributed by atoms with Crippen LogP contribution in [0.15, 0.2) is 146 Å². The molecule has 45 heavy (non-hydrogen) atoms. The zero-order chi connectivity index (χ0) is 35.6. The maximum atomic E-state index is 2.12. The minimum absolute atomic E-state index is 1.08. The molecule has 0 heterocycles. The lowest BCUT2D eigenvalue weighted by molar-refractivity contribution is 0.505. The highest BCUT2D eigenvalue weighted by molar-refractivity contribution is 5.63. The van der Waals surface area contributed by atoms with Crippen LogP contribution in [0.5, 0.6) is 0 Å². The average Bonchev–Trinajstić information content (AvgIpc) is 3.15. The highest BCUT2D eigenvalue weighted by Crippen LogP contribution is 2.18. The van der Waals surface area contributed by atoms with Gasteiger partial charge in [0.1, 0.15) is 0 Å². The molecule has 252 valence electrons. The lowest BCUT2D eigenvalue weighted by Crippen LogP contribution is -1.99. The van der Waals surface area contributed by atoms with Crippen LogP contribution in [0.2, 0.25) is 0 Å². The molecule has 0 radical (unpaired) electrons. The maximum absolute atomic E-state index is 2.12. The molecule has 0 spiro atoms. The fraction of sp³-hybridized carbons (Fsp3) is 0.364. The summed E-state index contributed by atoms with van der Waals surface area (Å²) >= 11 is 0. The van der Waals surface area contributed by atoms with Crippen molar-refractivity contribution in [2.24, 2.45) is 0 Å². The second kappa shape index (κ2) is 47.3. The molecular formula is C44H71N. The largest absolute Gasteiger partial charge is 0.312 e. The summed E-state index contributed by atoms with van der Waals surface area (Å²) in [6.07, 6.45) is 9.44. The summed E-state index contributed by atoms with van der Waals surface area (Å²) in [5.41, 5.74) is 5.10. The molecule has 0 aliphatic heterocycles. The number of allylic oxidation sites excluding steroid dienone is 4. The lowest BCUT2D eigenvalue weighted by Gasteiger charge is -1.98. The molecule has 0 unspecified atom stereocenters. The number of rotatable bonds is 4. The van der Waals surface area contributed by atoms with Gasteiger partial charge in [-0.05, 0) is 63.7 Å². The van der Waals surface area contributed by atoms with Crippen LogP contribution in [-0.4, -0.2) is 26.0 Å². The minimum Gasteiger partial charge on any atom is -0.312 e. The summed E-state index contributed by atoms with van der Waals surface area (Å²) in [4.78, 5) is 2.00. The van der Waals surface area contributed by atoms with Gasteiger partial charge in [0.2, 0.25) is 0 Å². The van der Waals surface area contributed by atoms with E-state index in [1.807, 2.05) is 133 Å². The molecule has 0 saturated carbocycles. The van der Waals surface area contributed by atoms with E-state index in [0.717, 1.165) is 6.42 Å². The van der Waals surface area contributed by atoms with E-state index in [1.165, 1.54) is 22.3 Å². The molecule has 4 aromatic carbocycles. The molecular weight excluding hydrogens is 542 g/mol. The molecule has 1 nitrogen and oxygen atoms in total. The molecule has 0 fully saturated rings. The third kappa shape index (κ3) is 36.4. The smallest absolute Gasteiger partial charge is 0.0140 e. The Kier molecular flexibility index (Phi) is 53.5. The Balaban J connectivity index is -0.000000151. The predicted molar refractivity (Wildman–Crippen MR) is 214 cm³/mol. The quantitative estimate of drug-likeness (QED) is 0.207. The number of nitrogens with zero attached hydrogens (tertiary/aromatic N) is 1. The zero-order valence-electron chi connectivity index (χ0n) is 32.0. The van der Waals surface area contributed by atoms with Crippen LogP contribution in [0.3, 0.4) is 0 Å². The van der Waals surface area contributed by atoms with E-state index in [4.69, 9.17) is 0 Å². The van der Waals surface area contributed by atoms with Crippen molar-refractivity contribution >= 4 is 0 Å². The Morgan fingerprint density at radius 3 is 0.644 bits per heavy atom. The van der Waals surface area contributed by atoms with Crippen molar-refractivity contribution in [3.63, 3.8) is 0 Å². The first-order valence-corrected chi connectivity index (χ1v) is 17.1. The van der Waals surface area contributed by atoms with E-state index in [0.29, 0.717) is 0 Å². The van der Waals surface area contributed by atoms with Crippen LogP contribution in [0, 0.1) is 0 Å². The van der Waals surface area contributed by atoms with Crippen molar-refractivity contribution in [3.05, 3.63) is 146 Å². The third-order valence-corrected chi connectivity index (χ3v) is 4.51. The SMILES string of the molecule is CC.CC.CC.CC.CC.CC=CCC=CC.CN(C)C.c1ccc(-c2ccccc2)cc1.c1ccc(-c2ccccc2)cc1. The van der Waals surface area contributed by atoms with Gasteiger partial charge in [0.05, 0.1) is 0 Å². The van der Waals surface area contributed by atoms with Crippen LogP contribution in [0.25, 0.3) is 22.3 Å². The molecule has 0 amide bonds. The van der Waals surface area contributed by atoms with Crippen LogP contribution in [0.1, 0.15) is 89.5 Å². The zero-order valence-corrected chi connectivity index (χ0v) is 32.0. The van der Waals surface area contributed by atoms with E-state index < -0.39 is 0 Å². The molecule has 0 bridgehead atoms. The van der Waals surface area contributed by atoms with Crippen molar-refractivity contribution in [2.75, 3.05) is 21.1 Å². The fourth-order valence-electron chi connectivity index (χ4n) is 2.87. The Morgan fingerprint density at radius 2 is 0.511 bits per heavy atom. The maximum Gasteiger partial charge on any atom is -0.0140 e. The van der Waals surface area contributed by atoms with Gasteiger partial charge in [-0.1, -0.05) is 215 Å². The highest BCUT2D eigenvalue weighted by atomic mass is 15.0. The van der Waals surface area contributed by atoms with Crippen molar-refractivity contribution < 1.29 is 0 Å². The van der Waals surface area contributed by atoms with Gasteiger partial charge in [-0.3, -0.25) is 0 Å². The summed E-state index contributed by atoms with van der Waals surface area (Å²) in [6, 6.07) is 41.6. The van der Waals surface area contributed by atoms with Gasteiger partial charge >= 0.3 is 0 Å². The number of hydrogen-bond donors (Lipinski definition) is 0. The molecule has 0 atom stereocenters. The molecule has 1 heteroatoms. The van der Waals surface area contributed by atoms with Gasteiger partial charge in [-0.15, -0.1) is 0 Å². The van der Waals surface area contributed by atoms with Crippen LogP contribution >= 0.6 is 0 Å². The standard InChI is InChI=1S/2C12H10.C7H12.C3H9N.5C2H6/c2*1-3-7-11(8-4-1)12-9-5-2-6-10-12;1-3-5-7-6-4-2;1-4(2)3;5*1-2/h2*1-10H;3-6H,7H2,1-2H3;1-3H3;5*1-2H3. The Bertz CT molecular complexity index is 872. The molecule has 0 aliphatic carbocycles. The first kappa shape index (κ1) is 50.9. The Hall–Kier alpha value is -3.68. The molecule has 0 N–H and O–H groups in total. The Labute approximate surface area is 282 Å².